The molecule has 0 saturated carbocycles. The number of rotatable bonds is 5. The number of nitrogens with two attached hydrogens (primary N) is 1. The van der Waals surface area contributed by atoms with E-state index < -0.39 is 11.4 Å². The van der Waals surface area contributed by atoms with Gasteiger partial charge in [0.15, 0.2) is 5.65 Å². The predicted octanol–water partition coefficient (Wildman–Crippen LogP) is 3.77. The maximum atomic E-state index is 13.1. The minimum absolute atomic E-state index is 0.0484. The molecule has 0 aliphatic heterocycles. The van der Waals surface area contributed by atoms with Crippen LogP contribution in [-0.4, -0.2) is 27.1 Å². The third kappa shape index (κ3) is 3.91. The topological polar surface area (TPSA) is 112 Å². The van der Waals surface area contributed by atoms with Gasteiger partial charge in [0.25, 0.3) is 0 Å². The van der Waals surface area contributed by atoms with Gasteiger partial charge in [-0.3, -0.25) is 4.79 Å². The van der Waals surface area contributed by atoms with E-state index in [0.717, 1.165) is 30.6 Å². The molecule has 2 aromatic heterocycles. The number of benzene rings is 2. The largest absolute Gasteiger partial charge is 0.462 e. The number of carbonyl (C=O) groups is 1. The van der Waals surface area contributed by atoms with Crippen molar-refractivity contribution in [3.8, 4) is 5.69 Å². The maximum Gasteiger partial charge on any atom is 0.343 e. The number of hydrogen-bond acceptors (Lipinski definition) is 7. The number of nitrogen functional groups attached to an aromatic ring is 1. The fourth-order valence-electron chi connectivity index (χ4n) is 4.13. The van der Waals surface area contributed by atoms with Crippen LogP contribution in [0, 0.1) is 0 Å². The van der Waals surface area contributed by atoms with Gasteiger partial charge in [-0.2, -0.15) is 4.98 Å². The molecule has 5 rings (SSSR count). The Hall–Kier alpha value is -4.20. The molecule has 8 heteroatoms. The zero-order valence-corrected chi connectivity index (χ0v) is 18.2. The summed E-state index contributed by atoms with van der Waals surface area (Å²) in [6, 6.07) is 13.4. The Labute approximate surface area is 190 Å². The monoisotopic (exact) mass is 441 g/mol. The first-order valence-corrected chi connectivity index (χ1v) is 10.9. The predicted molar refractivity (Wildman–Crippen MR) is 127 cm³/mol. The lowest BCUT2D eigenvalue weighted by Crippen LogP contribution is -2.21. The van der Waals surface area contributed by atoms with Crippen LogP contribution in [0.1, 0.15) is 34.8 Å². The summed E-state index contributed by atoms with van der Waals surface area (Å²) in [6.07, 6.45) is 6.14. The van der Waals surface area contributed by atoms with Crippen LogP contribution in [0.5, 0.6) is 0 Å². The van der Waals surface area contributed by atoms with Gasteiger partial charge in [0.05, 0.1) is 12.0 Å². The van der Waals surface area contributed by atoms with E-state index in [0.29, 0.717) is 17.3 Å². The highest BCUT2D eigenvalue weighted by Gasteiger charge is 2.20. The van der Waals surface area contributed by atoms with Crippen molar-refractivity contribution in [2.75, 3.05) is 17.7 Å². The van der Waals surface area contributed by atoms with Gasteiger partial charge < -0.3 is 20.4 Å². The van der Waals surface area contributed by atoms with E-state index in [2.05, 4.69) is 27.4 Å². The van der Waals surface area contributed by atoms with E-state index in [-0.39, 0.29) is 17.6 Å². The second-order valence-corrected chi connectivity index (χ2v) is 7.95. The van der Waals surface area contributed by atoms with Crippen LogP contribution in [0.15, 0.2) is 59.7 Å². The minimum atomic E-state index is -0.664. The summed E-state index contributed by atoms with van der Waals surface area (Å²) in [4.78, 5) is 34.5. The Morgan fingerprint density at radius 3 is 2.73 bits per heavy atom. The van der Waals surface area contributed by atoms with Crippen LogP contribution < -0.4 is 16.5 Å². The highest BCUT2D eigenvalue weighted by Crippen LogP contribution is 2.26. The highest BCUT2D eigenvalue weighted by atomic mass is 16.5. The normalized spacial score (nSPS) is 12.5. The Bertz CT molecular complexity index is 1430. The molecule has 0 amide bonds. The molecule has 0 unspecified atom stereocenters. The van der Waals surface area contributed by atoms with Crippen LogP contribution in [0.3, 0.4) is 0 Å². The minimum Gasteiger partial charge on any atom is -0.462 e. The first-order valence-electron chi connectivity index (χ1n) is 10.9. The number of hydrogen-bond donors (Lipinski definition) is 2. The molecule has 33 heavy (non-hydrogen) atoms. The third-order valence-electron chi connectivity index (χ3n) is 5.77. The molecule has 0 radical (unpaired) electrons. The number of fused-ring (bicyclic) bond motifs is 2. The summed E-state index contributed by atoms with van der Waals surface area (Å²) >= 11 is 0. The summed E-state index contributed by atoms with van der Waals surface area (Å²) in [7, 11) is 0. The number of nitrogens with zero attached hydrogens (tertiary/aromatic N) is 3. The second kappa shape index (κ2) is 8.38. The molecule has 166 valence electrons. The standard InChI is InChI=1S/C25H23N5O3/c1-2-33-24(32)21-14-30(19-11-6-15-4-3-5-16(15)12-19)23-20(22(21)31)13-27-25(29-23)28-18-9-7-17(26)8-10-18/h6-14H,2-5,26H2,1H3,(H,27,28,29). The lowest BCUT2D eigenvalue weighted by Gasteiger charge is -2.15. The van der Waals surface area contributed by atoms with Crippen molar-refractivity contribution in [1.82, 2.24) is 14.5 Å². The number of nitrogens with one attached hydrogen (secondary N) is 1. The van der Waals surface area contributed by atoms with Gasteiger partial charge in [-0.1, -0.05) is 6.07 Å². The number of pyridine rings is 1. The van der Waals surface area contributed by atoms with Gasteiger partial charge in [0.2, 0.25) is 11.4 Å². The number of aryl methyl sites for hydroxylation is 2. The number of ether oxygens (including phenoxy) is 1. The lowest BCUT2D eigenvalue weighted by molar-refractivity contribution is 0.0524. The average molecular weight is 441 g/mol. The molecule has 0 bridgehead atoms. The van der Waals surface area contributed by atoms with Gasteiger partial charge in [-0.05, 0) is 73.7 Å². The van der Waals surface area contributed by atoms with Crippen LogP contribution in [0.25, 0.3) is 16.7 Å². The summed E-state index contributed by atoms with van der Waals surface area (Å²) in [5.74, 6) is -0.339. The molecule has 2 heterocycles. The summed E-state index contributed by atoms with van der Waals surface area (Å²) in [5.41, 5.74) is 10.5. The van der Waals surface area contributed by atoms with Crippen LogP contribution in [-0.2, 0) is 17.6 Å². The van der Waals surface area contributed by atoms with Gasteiger partial charge in [0.1, 0.15) is 5.56 Å². The molecular formula is C25H23N5O3. The van der Waals surface area contributed by atoms with E-state index in [4.69, 9.17) is 10.5 Å². The van der Waals surface area contributed by atoms with E-state index in [1.807, 2.05) is 18.2 Å². The van der Waals surface area contributed by atoms with Crippen molar-refractivity contribution in [3.63, 3.8) is 0 Å². The third-order valence-corrected chi connectivity index (χ3v) is 5.77. The van der Waals surface area contributed by atoms with Crippen molar-refractivity contribution < 1.29 is 9.53 Å². The lowest BCUT2D eigenvalue weighted by atomic mass is 10.1. The fraction of sp³-hybridized carbons (Fsp3) is 0.200. The van der Waals surface area contributed by atoms with Crippen LogP contribution in [0.2, 0.25) is 0 Å². The quantitative estimate of drug-likeness (QED) is 0.358. The molecule has 0 atom stereocenters. The van der Waals surface area contributed by atoms with E-state index in [9.17, 15) is 9.59 Å². The fourth-order valence-corrected chi connectivity index (χ4v) is 4.13. The van der Waals surface area contributed by atoms with Gasteiger partial charge in [-0.15, -0.1) is 0 Å². The number of carbonyl (C=O) groups excluding carboxylic acids is 1. The second-order valence-electron chi connectivity index (χ2n) is 7.95. The average Bonchev–Trinajstić information content (AvgIpc) is 3.29. The molecule has 0 spiro atoms. The van der Waals surface area contributed by atoms with Gasteiger partial charge in [-0.25, -0.2) is 9.78 Å². The molecule has 1 aliphatic rings. The zero-order valence-electron chi connectivity index (χ0n) is 18.2. The molecule has 0 fully saturated rings. The number of aromatic nitrogens is 3. The van der Waals surface area contributed by atoms with Crippen LogP contribution >= 0.6 is 0 Å². The zero-order chi connectivity index (χ0) is 22.9. The maximum absolute atomic E-state index is 13.1. The Kier molecular flexibility index (Phi) is 5.26. The Morgan fingerprint density at radius 2 is 1.94 bits per heavy atom. The Morgan fingerprint density at radius 1 is 1.15 bits per heavy atom. The summed E-state index contributed by atoms with van der Waals surface area (Å²) in [5, 5.41) is 3.38. The van der Waals surface area contributed by atoms with Crippen molar-refractivity contribution >= 4 is 34.3 Å². The van der Waals surface area contributed by atoms with E-state index in [1.54, 1.807) is 23.6 Å². The Balaban J connectivity index is 1.68. The van der Waals surface area contributed by atoms with E-state index >= 15 is 0 Å². The van der Waals surface area contributed by atoms with Crippen molar-refractivity contribution in [2.45, 2.75) is 26.2 Å². The highest BCUT2D eigenvalue weighted by molar-refractivity contribution is 5.93. The summed E-state index contributed by atoms with van der Waals surface area (Å²) < 4.78 is 6.88. The first-order chi connectivity index (χ1) is 16.0. The van der Waals surface area contributed by atoms with Crippen molar-refractivity contribution in [1.29, 1.82) is 0 Å². The van der Waals surface area contributed by atoms with E-state index in [1.165, 1.54) is 23.5 Å². The molecule has 2 aromatic carbocycles. The molecule has 1 aliphatic carbocycles. The smallest absolute Gasteiger partial charge is 0.343 e. The number of anilines is 3. The molecule has 4 aromatic rings. The van der Waals surface area contributed by atoms with Crippen molar-refractivity contribution in [3.05, 3.63) is 81.8 Å². The van der Waals surface area contributed by atoms with Gasteiger partial charge >= 0.3 is 5.97 Å². The molecular weight excluding hydrogens is 418 g/mol. The SMILES string of the molecule is CCOC(=O)c1cn(-c2ccc3c(c2)CCC3)c2nc(Nc3ccc(N)cc3)ncc2c1=O. The number of esters is 1. The molecule has 3 N–H and O–H groups in total. The summed E-state index contributed by atoms with van der Waals surface area (Å²) in [6.45, 7) is 1.88. The molecule has 0 saturated heterocycles. The van der Waals surface area contributed by atoms with Crippen molar-refractivity contribution in [2.24, 2.45) is 0 Å². The first kappa shape index (κ1) is 20.7. The van der Waals surface area contributed by atoms with Gasteiger partial charge in [0, 0.05) is 29.5 Å². The molecule has 8 nitrogen and oxygen atoms in total. The van der Waals surface area contributed by atoms with Crippen LogP contribution in [0.4, 0.5) is 17.3 Å².